The second-order valence-electron chi connectivity index (χ2n) is 4.10. The number of aliphatic hydroxyl groups excluding tert-OH is 1. The molecule has 1 heterocycles. The summed E-state index contributed by atoms with van der Waals surface area (Å²) in [7, 11) is 2.08. The second-order valence-corrected chi connectivity index (χ2v) is 4.10. The van der Waals surface area contributed by atoms with Gasteiger partial charge in [0.1, 0.15) is 0 Å². The van der Waals surface area contributed by atoms with E-state index < -0.39 is 0 Å². The Morgan fingerprint density at radius 2 is 1.93 bits per heavy atom. The van der Waals surface area contributed by atoms with Gasteiger partial charge in [-0.3, -0.25) is 4.90 Å². The Labute approximate surface area is 85.2 Å². The van der Waals surface area contributed by atoms with E-state index in [0.717, 1.165) is 19.4 Å². The molecule has 0 radical (unpaired) electrons. The third kappa shape index (κ3) is 1.97. The normalized spacial score (nSPS) is 29.0. The summed E-state index contributed by atoms with van der Waals surface area (Å²) in [5, 5.41) is 9.50. The molecule has 0 spiro atoms. The van der Waals surface area contributed by atoms with Crippen LogP contribution in [0.1, 0.15) is 24.4 Å². The Kier molecular flexibility index (Phi) is 2.85. The Morgan fingerprint density at radius 3 is 2.57 bits per heavy atom. The summed E-state index contributed by atoms with van der Waals surface area (Å²) in [4.78, 5) is 2.24. The monoisotopic (exact) mass is 191 g/mol. The van der Waals surface area contributed by atoms with Gasteiger partial charge in [-0.15, -0.1) is 0 Å². The zero-order chi connectivity index (χ0) is 9.97. The number of likely N-dealkylation sites (tertiary alicyclic amines) is 1. The molecule has 1 saturated heterocycles. The lowest BCUT2D eigenvalue weighted by atomic mass is 9.95. The number of hydrogen-bond acceptors (Lipinski definition) is 2. The van der Waals surface area contributed by atoms with Gasteiger partial charge in [-0.2, -0.15) is 0 Å². The van der Waals surface area contributed by atoms with Crippen LogP contribution in [0.15, 0.2) is 30.3 Å². The molecule has 0 saturated carbocycles. The molecule has 2 rings (SSSR count). The zero-order valence-electron chi connectivity index (χ0n) is 8.56. The Balaban J connectivity index is 2.12. The fourth-order valence-corrected chi connectivity index (χ4v) is 2.22. The van der Waals surface area contributed by atoms with Crippen molar-refractivity contribution >= 4 is 0 Å². The van der Waals surface area contributed by atoms with Crippen LogP contribution < -0.4 is 0 Å². The topological polar surface area (TPSA) is 23.5 Å². The number of rotatable bonds is 1. The number of benzene rings is 1. The predicted octanol–water partition coefficient (Wildman–Crippen LogP) is 1.81. The molecule has 1 aromatic carbocycles. The number of aliphatic hydroxyl groups is 1. The van der Waals surface area contributed by atoms with Gasteiger partial charge in [-0.1, -0.05) is 30.3 Å². The van der Waals surface area contributed by atoms with Crippen LogP contribution in [0.2, 0.25) is 0 Å². The van der Waals surface area contributed by atoms with Gasteiger partial charge in [-0.25, -0.2) is 0 Å². The molecule has 0 aromatic heterocycles. The van der Waals surface area contributed by atoms with E-state index in [1.807, 2.05) is 6.07 Å². The van der Waals surface area contributed by atoms with E-state index in [4.69, 9.17) is 0 Å². The van der Waals surface area contributed by atoms with Crippen molar-refractivity contribution in [1.29, 1.82) is 0 Å². The molecule has 0 unspecified atom stereocenters. The minimum absolute atomic E-state index is 0.139. The molecule has 1 fully saturated rings. The van der Waals surface area contributed by atoms with Gasteiger partial charge >= 0.3 is 0 Å². The summed E-state index contributed by atoms with van der Waals surface area (Å²) in [5.74, 6) is 0. The summed E-state index contributed by atoms with van der Waals surface area (Å²) in [6, 6.07) is 11.0. The molecule has 2 heteroatoms. The highest BCUT2D eigenvalue weighted by molar-refractivity contribution is 5.19. The number of β-amino-alcohol motifs (C(OH)–C–C–N with tert-alkyl or cyclic N) is 1. The van der Waals surface area contributed by atoms with E-state index in [-0.39, 0.29) is 6.10 Å². The van der Waals surface area contributed by atoms with Crippen LogP contribution in [0.25, 0.3) is 0 Å². The average Bonchev–Trinajstić information content (AvgIpc) is 2.19. The third-order valence-electron chi connectivity index (χ3n) is 2.99. The highest BCUT2D eigenvalue weighted by Gasteiger charge is 2.24. The molecule has 2 nitrogen and oxygen atoms in total. The van der Waals surface area contributed by atoms with Gasteiger partial charge in [-0.05, 0) is 25.5 Å². The molecular formula is C12H17NO. The largest absolute Gasteiger partial charge is 0.392 e. The van der Waals surface area contributed by atoms with E-state index in [1.54, 1.807) is 0 Å². The first-order valence-electron chi connectivity index (χ1n) is 5.20. The van der Waals surface area contributed by atoms with E-state index in [9.17, 15) is 5.11 Å². The van der Waals surface area contributed by atoms with E-state index >= 15 is 0 Å². The van der Waals surface area contributed by atoms with Gasteiger partial charge in [0.2, 0.25) is 0 Å². The zero-order valence-corrected chi connectivity index (χ0v) is 8.56. The van der Waals surface area contributed by atoms with Crippen LogP contribution in [-0.2, 0) is 0 Å². The molecule has 0 bridgehead atoms. The van der Waals surface area contributed by atoms with Crippen LogP contribution in [0.4, 0.5) is 0 Å². The lowest BCUT2D eigenvalue weighted by Gasteiger charge is -2.35. The first kappa shape index (κ1) is 9.69. The smallest absolute Gasteiger partial charge is 0.0667 e. The average molecular weight is 191 g/mol. The molecule has 1 aliphatic heterocycles. The predicted molar refractivity (Wildman–Crippen MR) is 57.1 cm³/mol. The van der Waals surface area contributed by atoms with Crippen molar-refractivity contribution in [3.8, 4) is 0 Å². The van der Waals surface area contributed by atoms with Gasteiger partial charge < -0.3 is 5.11 Å². The van der Waals surface area contributed by atoms with Gasteiger partial charge in [0.05, 0.1) is 6.10 Å². The van der Waals surface area contributed by atoms with Crippen LogP contribution in [0.5, 0.6) is 0 Å². The molecule has 1 aromatic rings. The lowest BCUT2D eigenvalue weighted by molar-refractivity contribution is 0.0508. The molecule has 0 amide bonds. The Morgan fingerprint density at radius 1 is 1.21 bits per heavy atom. The molecular weight excluding hydrogens is 174 g/mol. The Bertz CT molecular complexity index is 286. The summed E-state index contributed by atoms with van der Waals surface area (Å²) >= 11 is 0. The van der Waals surface area contributed by atoms with Crippen molar-refractivity contribution in [1.82, 2.24) is 4.90 Å². The minimum Gasteiger partial charge on any atom is -0.392 e. The fourth-order valence-electron chi connectivity index (χ4n) is 2.22. The van der Waals surface area contributed by atoms with Crippen LogP contribution in [0, 0.1) is 0 Å². The second kappa shape index (κ2) is 4.11. The minimum atomic E-state index is -0.139. The van der Waals surface area contributed by atoms with Crippen LogP contribution >= 0.6 is 0 Å². The summed E-state index contributed by atoms with van der Waals surface area (Å²) < 4.78 is 0. The number of piperidine rings is 1. The van der Waals surface area contributed by atoms with Crippen molar-refractivity contribution < 1.29 is 5.11 Å². The number of hydrogen-bond donors (Lipinski definition) is 1. The molecule has 76 valence electrons. The van der Waals surface area contributed by atoms with Crippen LogP contribution in [-0.4, -0.2) is 29.7 Å². The van der Waals surface area contributed by atoms with E-state index in [2.05, 4.69) is 36.2 Å². The Hall–Kier alpha value is -0.860. The summed E-state index contributed by atoms with van der Waals surface area (Å²) in [5.41, 5.74) is 1.36. The molecule has 0 aliphatic carbocycles. The maximum Gasteiger partial charge on any atom is 0.0667 e. The quantitative estimate of drug-likeness (QED) is 0.732. The third-order valence-corrected chi connectivity index (χ3v) is 2.99. The molecule has 1 N–H and O–H groups in total. The molecule has 14 heavy (non-hydrogen) atoms. The lowest BCUT2D eigenvalue weighted by Crippen LogP contribution is -2.37. The van der Waals surface area contributed by atoms with Crippen molar-refractivity contribution in [2.45, 2.75) is 25.0 Å². The first-order valence-corrected chi connectivity index (χ1v) is 5.20. The SMILES string of the molecule is CN1C[C@H](O)CC[C@H]1c1ccccc1. The van der Waals surface area contributed by atoms with Crippen molar-refractivity contribution in [3.63, 3.8) is 0 Å². The maximum absolute atomic E-state index is 9.50. The maximum atomic E-state index is 9.50. The van der Waals surface area contributed by atoms with E-state index in [0.29, 0.717) is 6.04 Å². The van der Waals surface area contributed by atoms with Gasteiger partial charge in [0.25, 0.3) is 0 Å². The van der Waals surface area contributed by atoms with Crippen LogP contribution in [0.3, 0.4) is 0 Å². The van der Waals surface area contributed by atoms with Gasteiger partial charge in [0, 0.05) is 12.6 Å². The van der Waals surface area contributed by atoms with Crippen molar-refractivity contribution in [2.24, 2.45) is 0 Å². The highest BCUT2D eigenvalue weighted by Crippen LogP contribution is 2.29. The first-order chi connectivity index (χ1) is 6.77. The molecule has 2 atom stereocenters. The standard InChI is InChI=1S/C12H17NO/c1-13-9-11(14)7-8-12(13)10-5-3-2-4-6-10/h2-6,11-12,14H,7-9H2,1H3/t11-,12+/m1/s1. The van der Waals surface area contributed by atoms with Crippen molar-refractivity contribution in [2.75, 3.05) is 13.6 Å². The summed E-state index contributed by atoms with van der Waals surface area (Å²) in [6.07, 6.45) is 1.84. The van der Waals surface area contributed by atoms with E-state index in [1.165, 1.54) is 5.56 Å². The van der Waals surface area contributed by atoms with Crippen molar-refractivity contribution in [3.05, 3.63) is 35.9 Å². The number of likely N-dealkylation sites (N-methyl/N-ethyl adjacent to an activating group) is 1. The fraction of sp³-hybridized carbons (Fsp3) is 0.500. The highest BCUT2D eigenvalue weighted by atomic mass is 16.3. The summed E-state index contributed by atoms with van der Waals surface area (Å²) in [6.45, 7) is 0.791. The van der Waals surface area contributed by atoms with Gasteiger partial charge in [0.15, 0.2) is 0 Å². The molecule has 1 aliphatic rings. The number of nitrogens with zero attached hydrogens (tertiary/aromatic N) is 1.